The zero-order valence-electron chi connectivity index (χ0n) is 21.7. The minimum Gasteiger partial charge on any atom is -0.370 e. The van der Waals surface area contributed by atoms with Gasteiger partial charge in [0.1, 0.15) is 12.3 Å². The molecule has 2 fully saturated rings. The van der Waals surface area contributed by atoms with Gasteiger partial charge in [0, 0.05) is 81.5 Å². The third-order valence-electron chi connectivity index (χ3n) is 7.11. The van der Waals surface area contributed by atoms with E-state index < -0.39 is 23.8 Å². The predicted molar refractivity (Wildman–Crippen MR) is 134 cm³/mol. The van der Waals surface area contributed by atoms with E-state index in [-0.39, 0.29) is 18.3 Å². The molecule has 0 saturated carbocycles. The van der Waals surface area contributed by atoms with E-state index in [2.05, 4.69) is 34.0 Å². The molecule has 0 radical (unpaired) electrons. The van der Waals surface area contributed by atoms with Crippen LogP contribution in [0.2, 0.25) is 0 Å². The Labute approximate surface area is 208 Å². The van der Waals surface area contributed by atoms with Gasteiger partial charge in [-0.3, -0.25) is 19.3 Å². The molecule has 0 bridgehead atoms. The smallest absolute Gasteiger partial charge is 0.257 e. The van der Waals surface area contributed by atoms with Crippen LogP contribution in [0.1, 0.15) is 33.6 Å². The Balaban J connectivity index is 1.78. The third-order valence-corrected chi connectivity index (χ3v) is 7.11. The van der Waals surface area contributed by atoms with Gasteiger partial charge >= 0.3 is 0 Å². The molecule has 192 valence electrons. The summed E-state index contributed by atoms with van der Waals surface area (Å²) in [6.07, 6.45) is 6.23. The highest BCUT2D eigenvalue weighted by molar-refractivity contribution is 6.12. The average Bonchev–Trinajstić information content (AvgIpc) is 2.85. The van der Waals surface area contributed by atoms with Gasteiger partial charge in [0.05, 0.1) is 0 Å². The van der Waals surface area contributed by atoms with E-state index in [9.17, 15) is 19.2 Å². The fourth-order valence-electron chi connectivity index (χ4n) is 5.04. The van der Waals surface area contributed by atoms with Crippen LogP contribution in [0.5, 0.6) is 0 Å². The van der Waals surface area contributed by atoms with E-state index in [0.29, 0.717) is 17.4 Å². The fourth-order valence-corrected chi connectivity index (χ4v) is 5.04. The topological polar surface area (TPSA) is 93.3 Å². The summed E-state index contributed by atoms with van der Waals surface area (Å²) in [5.41, 5.74) is 1.78. The summed E-state index contributed by atoms with van der Waals surface area (Å²) < 4.78 is 0. The van der Waals surface area contributed by atoms with E-state index in [1.54, 1.807) is 26.0 Å². The number of likely N-dealkylation sites (N-methyl/N-ethyl adjacent to an activating group) is 2. The highest BCUT2D eigenvalue weighted by Gasteiger charge is 2.41. The summed E-state index contributed by atoms with van der Waals surface area (Å²) in [5.74, 6) is -1.51. The van der Waals surface area contributed by atoms with Gasteiger partial charge in [0.25, 0.3) is 11.8 Å². The van der Waals surface area contributed by atoms with Gasteiger partial charge < -0.3 is 24.8 Å². The Hall–Kier alpha value is -2.78. The number of hydrogen-bond acceptors (Lipinski definition) is 7. The Kier molecular flexibility index (Phi) is 8.66. The quantitative estimate of drug-likeness (QED) is 0.401. The van der Waals surface area contributed by atoms with Crippen LogP contribution >= 0.6 is 0 Å². The van der Waals surface area contributed by atoms with Crippen LogP contribution in [-0.2, 0) is 19.2 Å². The normalized spacial score (nSPS) is 27.2. The van der Waals surface area contributed by atoms with Crippen molar-refractivity contribution in [2.45, 2.75) is 39.7 Å². The number of likely N-dealkylation sites (tertiary alicyclic amines) is 1. The van der Waals surface area contributed by atoms with Crippen LogP contribution in [0.25, 0.3) is 0 Å². The van der Waals surface area contributed by atoms with Gasteiger partial charge in [0.15, 0.2) is 0 Å². The monoisotopic (exact) mass is 485 g/mol. The lowest BCUT2D eigenvalue weighted by Crippen LogP contribution is -2.60. The minimum absolute atomic E-state index is 0.0732. The average molecular weight is 486 g/mol. The summed E-state index contributed by atoms with van der Waals surface area (Å²) in [4.78, 5) is 58.3. The van der Waals surface area contributed by atoms with Crippen LogP contribution in [-0.4, -0.2) is 110 Å². The lowest BCUT2D eigenvalue weighted by Gasteiger charge is -2.52. The Morgan fingerprint density at radius 3 is 2.31 bits per heavy atom. The van der Waals surface area contributed by atoms with Gasteiger partial charge in [-0.05, 0) is 39.5 Å². The summed E-state index contributed by atoms with van der Waals surface area (Å²) in [6, 6.07) is -1.05. The van der Waals surface area contributed by atoms with Crippen molar-refractivity contribution in [1.29, 1.82) is 0 Å². The maximum Gasteiger partial charge on any atom is 0.257 e. The molecule has 3 heterocycles. The first-order valence-electron chi connectivity index (χ1n) is 12.3. The molecule has 0 aromatic heterocycles. The molecule has 0 aromatic rings. The van der Waals surface area contributed by atoms with Crippen LogP contribution in [0.3, 0.4) is 0 Å². The molecule has 9 heteroatoms. The maximum atomic E-state index is 13.4. The van der Waals surface area contributed by atoms with Crippen molar-refractivity contribution >= 4 is 24.0 Å². The van der Waals surface area contributed by atoms with Gasteiger partial charge in [0.2, 0.25) is 5.91 Å². The molecule has 1 atom stereocenters. The number of rotatable bonds is 8. The van der Waals surface area contributed by atoms with Crippen molar-refractivity contribution < 1.29 is 19.2 Å². The van der Waals surface area contributed by atoms with Crippen LogP contribution in [0.4, 0.5) is 0 Å². The van der Waals surface area contributed by atoms with E-state index in [1.807, 2.05) is 6.08 Å². The van der Waals surface area contributed by atoms with Gasteiger partial charge in [-0.15, -0.1) is 0 Å². The second-order valence-corrected chi connectivity index (χ2v) is 10.4. The highest BCUT2D eigenvalue weighted by atomic mass is 16.2. The van der Waals surface area contributed by atoms with E-state index in [1.165, 1.54) is 7.05 Å². The molecular weight excluding hydrogens is 446 g/mol. The molecule has 3 aliphatic heterocycles. The number of carbonyl (C=O) groups excluding carboxylic acids is 4. The molecule has 3 aliphatic rings. The first kappa shape index (κ1) is 26.8. The number of amides is 3. The molecule has 3 amide bonds. The Morgan fingerprint density at radius 1 is 1.09 bits per heavy atom. The van der Waals surface area contributed by atoms with Gasteiger partial charge in [-0.25, -0.2) is 0 Å². The molecule has 0 spiro atoms. The molecule has 3 rings (SSSR count). The lowest BCUT2D eigenvalue weighted by atomic mass is 9.80. The summed E-state index contributed by atoms with van der Waals surface area (Å²) in [7, 11) is 3.61. The number of aldehydes is 1. The van der Waals surface area contributed by atoms with Crippen LogP contribution in [0, 0.1) is 5.41 Å². The molecule has 1 unspecified atom stereocenters. The van der Waals surface area contributed by atoms with Crippen molar-refractivity contribution in [3.63, 3.8) is 0 Å². The molecule has 0 aliphatic carbocycles. The molecule has 0 aromatic carbocycles. The number of nitrogens with one attached hydrogen (secondary N) is 1. The minimum atomic E-state index is -1.05. The molecule has 9 nitrogen and oxygen atoms in total. The van der Waals surface area contributed by atoms with Crippen molar-refractivity contribution in [3.8, 4) is 0 Å². The predicted octanol–water partition coefficient (Wildman–Crippen LogP) is 0.795. The first-order chi connectivity index (χ1) is 16.6. The van der Waals surface area contributed by atoms with Crippen LogP contribution < -0.4 is 5.32 Å². The van der Waals surface area contributed by atoms with Crippen molar-refractivity contribution in [1.82, 2.24) is 24.9 Å². The van der Waals surface area contributed by atoms with E-state index in [4.69, 9.17) is 0 Å². The number of nitrogens with zero attached hydrogens (tertiary/aromatic N) is 4. The number of imide groups is 1. The fraction of sp³-hybridized carbons (Fsp3) is 0.615. The Morgan fingerprint density at radius 2 is 1.71 bits per heavy atom. The lowest BCUT2D eigenvalue weighted by molar-refractivity contribution is -0.148. The third kappa shape index (κ3) is 6.27. The highest BCUT2D eigenvalue weighted by Crippen LogP contribution is 2.35. The molecular formula is C26H39N5O4. The number of hydrogen-bond donors (Lipinski definition) is 1. The zero-order valence-corrected chi connectivity index (χ0v) is 21.7. The summed E-state index contributed by atoms with van der Waals surface area (Å²) in [6.45, 7) is 12.7. The second-order valence-electron chi connectivity index (χ2n) is 10.4. The van der Waals surface area contributed by atoms with Crippen molar-refractivity contribution in [3.05, 3.63) is 35.1 Å². The molecule has 35 heavy (non-hydrogen) atoms. The molecule has 2 saturated heterocycles. The van der Waals surface area contributed by atoms with Crippen LogP contribution in [0.15, 0.2) is 35.1 Å². The van der Waals surface area contributed by atoms with Gasteiger partial charge in [-0.1, -0.05) is 13.0 Å². The van der Waals surface area contributed by atoms with E-state index in [0.717, 1.165) is 56.4 Å². The summed E-state index contributed by atoms with van der Waals surface area (Å²) >= 11 is 0. The van der Waals surface area contributed by atoms with Gasteiger partial charge in [-0.2, -0.15) is 0 Å². The first-order valence-corrected chi connectivity index (χ1v) is 12.3. The zero-order chi connectivity index (χ0) is 25.8. The maximum absolute atomic E-state index is 13.4. The van der Waals surface area contributed by atoms with Crippen molar-refractivity contribution in [2.24, 2.45) is 5.41 Å². The van der Waals surface area contributed by atoms with Crippen molar-refractivity contribution in [2.75, 3.05) is 59.9 Å². The summed E-state index contributed by atoms with van der Waals surface area (Å²) in [5, 5.41) is 2.52. The largest absolute Gasteiger partial charge is 0.370 e. The Bertz CT molecular complexity index is 939. The molecule has 1 N–H and O–H groups in total. The van der Waals surface area contributed by atoms with E-state index >= 15 is 0 Å². The number of carbonyl (C=O) groups is 4. The standard InChI is InChI=1S/C26H39N5O4/c1-19-8-9-21(30-17-26(3,18-30)16-29-12-10-28(5)11-13-29)15-20(2)25(35)31(24(19)34)22(7-6-14-32)23(33)27-4/h8-9,14-15,22H,6-7,10-13,16-18H2,1-5H3,(H,27,33)/b19-8+,20-15+,21-9+. The SMILES string of the molecule is CNC(=O)C(CCC=O)N1C(=O)/C(C)=C/C=C(N2CC(C)(CN3CCN(C)CC3)C2)\C=C(/C)C1=O. The number of piperazine rings is 1. The second kappa shape index (κ2) is 11.3. The number of allylic oxidation sites excluding steroid dienone is 3.